The first-order chi connectivity index (χ1) is 38.6. The molecule has 1 saturated heterocycles. The zero-order valence-electron chi connectivity index (χ0n) is 49.6. The highest BCUT2D eigenvalue weighted by Gasteiger charge is 2.50. The number of carbonyl (C=O) groups excluding carboxylic acids is 3. The quantitative estimate of drug-likeness (QED) is 0.0228. The summed E-state index contributed by atoms with van der Waals surface area (Å²) in [6.07, 6.45) is 59.4. The van der Waals surface area contributed by atoms with Crippen LogP contribution in [0.3, 0.4) is 0 Å². The number of hydrogen-bond donors (Lipinski definition) is 3. The molecule has 0 bridgehead atoms. The Hall–Kier alpha value is -4.36. The molecule has 450 valence electrons. The number of esters is 3. The van der Waals surface area contributed by atoms with Gasteiger partial charge in [0.05, 0.1) is 6.61 Å². The van der Waals surface area contributed by atoms with Crippen LogP contribution >= 0.6 is 0 Å². The van der Waals surface area contributed by atoms with Crippen molar-refractivity contribution in [1.82, 2.24) is 0 Å². The lowest BCUT2D eigenvalue weighted by atomic mass is 9.98. The molecule has 79 heavy (non-hydrogen) atoms. The summed E-state index contributed by atoms with van der Waals surface area (Å²) < 4.78 is 28.4. The maximum Gasteiger partial charge on any atom is 0.335 e. The van der Waals surface area contributed by atoms with Crippen LogP contribution in [-0.2, 0) is 42.9 Å². The van der Waals surface area contributed by atoms with Crippen molar-refractivity contribution in [3.8, 4) is 0 Å². The van der Waals surface area contributed by atoms with Crippen molar-refractivity contribution in [2.45, 2.75) is 289 Å². The lowest BCUT2D eigenvalue weighted by Gasteiger charge is -2.40. The first-order valence-electron chi connectivity index (χ1n) is 31.2. The van der Waals surface area contributed by atoms with Crippen LogP contribution in [0.15, 0.2) is 97.2 Å². The van der Waals surface area contributed by atoms with Crippen LogP contribution in [0, 0.1) is 0 Å². The fourth-order valence-electron chi connectivity index (χ4n) is 8.84. The van der Waals surface area contributed by atoms with Gasteiger partial charge in [0, 0.05) is 19.3 Å². The van der Waals surface area contributed by atoms with Gasteiger partial charge in [0.2, 0.25) is 0 Å². The average Bonchev–Trinajstić information content (AvgIpc) is 3.46. The largest absolute Gasteiger partial charge is 0.479 e. The van der Waals surface area contributed by atoms with Crippen molar-refractivity contribution in [2.24, 2.45) is 0 Å². The van der Waals surface area contributed by atoms with E-state index in [9.17, 15) is 34.5 Å². The minimum atomic E-state index is -1.92. The lowest BCUT2D eigenvalue weighted by molar-refractivity contribution is -0.301. The van der Waals surface area contributed by atoms with E-state index in [0.717, 1.165) is 109 Å². The third kappa shape index (κ3) is 44.0. The third-order valence-electron chi connectivity index (χ3n) is 13.6. The number of hydrogen-bond acceptors (Lipinski definition) is 11. The van der Waals surface area contributed by atoms with Crippen molar-refractivity contribution < 1.29 is 58.2 Å². The molecular formula is C67H110O12. The second kappa shape index (κ2) is 54.2. The molecule has 1 aliphatic heterocycles. The Morgan fingerprint density at radius 3 is 1.29 bits per heavy atom. The summed E-state index contributed by atoms with van der Waals surface area (Å²) in [7, 11) is 0. The Morgan fingerprint density at radius 1 is 0.430 bits per heavy atom. The maximum atomic E-state index is 13.2. The van der Waals surface area contributed by atoms with Gasteiger partial charge < -0.3 is 39.0 Å². The molecule has 3 N–H and O–H groups in total. The molecule has 0 spiro atoms. The molecular weight excluding hydrogens is 997 g/mol. The number of rotatable bonds is 52. The molecule has 0 aromatic rings. The molecule has 1 fully saturated rings. The van der Waals surface area contributed by atoms with Crippen LogP contribution in [0.2, 0.25) is 0 Å². The van der Waals surface area contributed by atoms with E-state index in [1.165, 1.54) is 77.0 Å². The number of ether oxygens (including phenoxy) is 5. The zero-order valence-corrected chi connectivity index (χ0v) is 49.6. The van der Waals surface area contributed by atoms with E-state index in [0.29, 0.717) is 25.7 Å². The van der Waals surface area contributed by atoms with Crippen LogP contribution in [0.25, 0.3) is 0 Å². The fourth-order valence-corrected chi connectivity index (χ4v) is 8.84. The molecule has 1 heterocycles. The Morgan fingerprint density at radius 2 is 0.810 bits per heavy atom. The van der Waals surface area contributed by atoms with Gasteiger partial charge in [-0.05, 0) is 116 Å². The number of carboxylic acid groups (broad SMARTS) is 1. The summed E-state index contributed by atoms with van der Waals surface area (Å²) in [6.45, 7) is 5.80. The first-order valence-corrected chi connectivity index (χ1v) is 31.2. The van der Waals surface area contributed by atoms with Crippen LogP contribution in [0.1, 0.15) is 252 Å². The Balaban J connectivity index is 2.73. The molecule has 0 saturated carbocycles. The Kier molecular flexibility index (Phi) is 49.9. The van der Waals surface area contributed by atoms with E-state index in [2.05, 4.69) is 112 Å². The van der Waals surface area contributed by atoms with Gasteiger partial charge in [-0.25, -0.2) is 4.79 Å². The van der Waals surface area contributed by atoms with Gasteiger partial charge in [-0.2, -0.15) is 0 Å². The first kappa shape index (κ1) is 72.7. The molecule has 1 rings (SSSR count). The summed E-state index contributed by atoms with van der Waals surface area (Å²) in [5.41, 5.74) is 0. The van der Waals surface area contributed by atoms with E-state index in [1.54, 1.807) is 0 Å². The summed E-state index contributed by atoms with van der Waals surface area (Å²) in [6, 6.07) is 0. The molecule has 0 aliphatic carbocycles. The van der Waals surface area contributed by atoms with Gasteiger partial charge in [-0.15, -0.1) is 0 Å². The van der Waals surface area contributed by atoms with Gasteiger partial charge in [0.25, 0.3) is 0 Å². The van der Waals surface area contributed by atoms with Gasteiger partial charge in [0.1, 0.15) is 18.8 Å². The van der Waals surface area contributed by atoms with Gasteiger partial charge in [-0.3, -0.25) is 14.4 Å². The second-order valence-electron chi connectivity index (χ2n) is 20.9. The molecule has 6 unspecified atom stereocenters. The van der Waals surface area contributed by atoms with E-state index in [4.69, 9.17) is 23.7 Å². The van der Waals surface area contributed by atoms with E-state index >= 15 is 0 Å². The average molecular weight is 1110 g/mol. The SMILES string of the molecule is CC/C=C\C/C=C\C/C=C\C/C=C\C/C=C\CCCC(=O)OCC(COC1OC(C(=O)O)C(O)C(O)C1OC(=O)CCCCCCC/C=C\C/C=C\CCCCC)OC(=O)CCCCCCCCC/C=C\CCCCCCCC. The van der Waals surface area contributed by atoms with Crippen molar-refractivity contribution in [3.05, 3.63) is 97.2 Å². The molecule has 0 aromatic heterocycles. The number of allylic oxidation sites excluding steroid dienone is 16. The summed E-state index contributed by atoms with van der Waals surface area (Å²) >= 11 is 0. The monoisotopic (exact) mass is 1110 g/mol. The second-order valence-corrected chi connectivity index (χ2v) is 20.9. The summed E-state index contributed by atoms with van der Waals surface area (Å²) in [4.78, 5) is 51.2. The smallest absolute Gasteiger partial charge is 0.335 e. The number of aliphatic hydroxyl groups excluding tert-OH is 2. The highest BCUT2D eigenvalue weighted by Crippen LogP contribution is 2.26. The molecule has 0 amide bonds. The van der Waals surface area contributed by atoms with Gasteiger partial charge >= 0.3 is 23.9 Å². The van der Waals surface area contributed by atoms with Crippen LogP contribution in [0.5, 0.6) is 0 Å². The van der Waals surface area contributed by atoms with Gasteiger partial charge in [0.15, 0.2) is 24.6 Å². The van der Waals surface area contributed by atoms with Crippen LogP contribution in [0.4, 0.5) is 0 Å². The predicted molar refractivity (Wildman–Crippen MR) is 321 cm³/mol. The molecule has 6 atom stereocenters. The number of aliphatic carboxylic acids is 1. The van der Waals surface area contributed by atoms with Crippen molar-refractivity contribution in [2.75, 3.05) is 13.2 Å². The number of carbonyl (C=O) groups is 4. The van der Waals surface area contributed by atoms with Crippen LogP contribution < -0.4 is 0 Å². The molecule has 0 aromatic carbocycles. The summed E-state index contributed by atoms with van der Waals surface area (Å²) in [5, 5.41) is 31.5. The maximum absolute atomic E-state index is 13.2. The van der Waals surface area contributed by atoms with Crippen molar-refractivity contribution >= 4 is 23.9 Å². The standard InChI is InChI=1S/C67H110O12/c1-4-7-10-13-16-19-22-25-28-30-33-35-38-41-44-47-50-53-59(68)75-56-58(77-60(69)54-51-48-45-42-39-37-34-31-29-26-23-20-17-14-11-8-5-2)57-76-67-65(63(72)62(71)64(79-67)66(73)74)78-61(70)55-52-49-46-43-40-36-32-27-24-21-18-15-12-9-6-3/h7,10,16,18-19,21,25-29,32-33,35,41,44,58,62-65,67,71-72H,4-6,8-9,11-15,17,20,22-24,30-31,34,36-40,42-43,45-57H2,1-3H3,(H,73,74)/b10-7-,19-16-,21-18-,28-25-,29-26-,32-27-,35-33-,44-41-. The zero-order chi connectivity index (χ0) is 57.5. The normalized spacial score (nSPS) is 18.5. The fraction of sp³-hybridized carbons (Fsp3) is 0.701. The van der Waals surface area contributed by atoms with E-state index < -0.39 is 67.3 Å². The molecule has 12 nitrogen and oxygen atoms in total. The molecule has 0 radical (unpaired) electrons. The lowest BCUT2D eigenvalue weighted by Crippen LogP contribution is -2.61. The number of carboxylic acids is 1. The number of unbranched alkanes of at least 4 members (excludes halogenated alkanes) is 22. The molecule has 12 heteroatoms. The Labute approximate surface area is 479 Å². The number of aliphatic hydroxyl groups is 2. The predicted octanol–water partition coefficient (Wildman–Crippen LogP) is 16.5. The van der Waals surface area contributed by atoms with Gasteiger partial charge in [-0.1, -0.05) is 214 Å². The topological polar surface area (TPSA) is 175 Å². The third-order valence-corrected chi connectivity index (χ3v) is 13.6. The summed E-state index contributed by atoms with van der Waals surface area (Å²) in [5.74, 6) is -3.22. The Bertz CT molecular complexity index is 1740. The highest BCUT2D eigenvalue weighted by atomic mass is 16.7. The van der Waals surface area contributed by atoms with Crippen molar-refractivity contribution in [1.29, 1.82) is 0 Å². The van der Waals surface area contributed by atoms with E-state index in [1.807, 2.05) is 6.08 Å². The minimum Gasteiger partial charge on any atom is -0.479 e. The molecule has 1 aliphatic rings. The highest BCUT2D eigenvalue weighted by molar-refractivity contribution is 5.74. The van der Waals surface area contributed by atoms with Crippen molar-refractivity contribution in [3.63, 3.8) is 0 Å². The van der Waals surface area contributed by atoms with Crippen LogP contribution in [-0.4, -0.2) is 89.2 Å². The van der Waals surface area contributed by atoms with E-state index in [-0.39, 0.29) is 25.9 Å². The minimum absolute atomic E-state index is 0.0349.